The number of aromatic nitrogens is 3. The summed E-state index contributed by atoms with van der Waals surface area (Å²) in [4.78, 5) is 39.0. The van der Waals surface area contributed by atoms with Gasteiger partial charge >= 0.3 is 6.03 Å². The van der Waals surface area contributed by atoms with Gasteiger partial charge in [-0.1, -0.05) is 31.4 Å². The smallest absolute Gasteiger partial charge is 0.324 e. The molecule has 11 heteroatoms. The fourth-order valence-electron chi connectivity index (χ4n) is 5.28. The number of unbranched alkanes of at least 4 members (excludes halogenated alkanes) is 2. The third-order valence-electron chi connectivity index (χ3n) is 7.62. The van der Waals surface area contributed by atoms with Gasteiger partial charge in [0.1, 0.15) is 11.7 Å². The highest BCUT2D eigenvalue weighted by molar-refractivity contribution is 6.35. The number of benzene rings is 1. The zero-order chi connectivity index (χ0) is 30.3. The number of rotatable bonds is 12. The number of methoxy groups -OCH3 is 1. The largest absolute Gasteiger partial charge is 0.493 e. The number of urea groups is 1. The lowest BCUT2D eigenvalue weighted by Gasteiger charge is -2.36. The van der Waals surface area contributed by atoms with Crippen molar-refractivity contribution in [2.24, 2.45) is 0 Å². The van der Waals surface area contributed by atoms with E-state index in [2.05, 4.69) is 22.2 Å². The first-order valence-electron chi connectivity index (χ1n) is 14.6. The summed E-state index contributed by atoms with van der Waals surface area (Å²) < 4.78 is 13.3. The zero-order valence-electron chi connectivity index (χ0n) is 24.8. The molecule has 226 valence electrons. The first-order chi connectivity index (χ1) is 20.9. The van der Waals surface area contributed by atoms with E-state index in [0.29, 0.717) is 54.1 Å². The average molecular weight is 605 g/mol. The van der Waals surface area contributed by atoms with Crippen molar-refractivity contribution in [3.05, 3.63) is 71.8 Å². The minimum atomic E-state index is -0.585. The lowest BCUT2D eigenvalue weighted by molar-refractivity contribution is -0.118. The van der Waals surface area contributed by atoms with Gasteiger partial charge in [-0.05, 0) is 55.7 Å². The summed E-state index contributed by atoms with van der Waals surface area (Å²) in [6, 6.07) is 10.3. The first kappa shape index (κ1) is 30.2. The molecular formula is C32H37ClN6O4. The number of nitrogens with one attached hydrogen (secondary N) is 1. The Balaban J connectivity index is 1.35. The Hall–Kier alpha value is -4.31. The normalized spacial score (nSPS) is 14.2. The second-order valence-corrected chi connectivity index (χ2v) is 11.0. The molecule has 0 spiro atoms. The summed E-state index contributed by atoms with van der Waals surface area (Å²) in [5, 5.41) is 4.08. The van der Waals surface area contributed by atoms with Crippen molar-refractivity contribution in [3.63, 3.8) is 0 Å². The van der Waals surface area contributed by atoms with Crippen molar-refractivity contribution in [1.29, 1.82) is 0 Å². The molecule has 1 aliphatic heterocycles. The molecule has 0 saturated carbocycles. The van der Waals surface area contributed by atoms with Crippen LogP contribution < -0.4 is 19.7 Å². The van der Waals surface area contributed by atoms with Crippen molar-refractivity contribution in [1.82, 2.24) is 19.4 Å². The molecule has 4 heterocycles. The van der Waals surface area contributed by atoms with Gasteiger partial charge in [0, 0.05) is 55.4 Å². The molecule has 1 fully saturated rings. The maximum absolute atomic E-state index is 13.8. The second-order valence-electron chi connectivity index (χ2n) is 10.6. The van der Waals surface area contributed by atoms with Crippen LogP contribution in [0.5, 0.6) is 11.5 Å². The van der Waals surface area contributed by atoms with Crippen LogP contribution in [0.25, 0.3) is 11.0 Å². The minimum Gasteiger partial charge on any atom is -0.493 e. The molecule has 3 aromatic heterocycles. The molecule has 1 saturated heterocycles. The Morgan fingerprint density at radius 2 is 2.00 bits per heavy atom. The molecule has 10 nitrogen and oxygen atoms in total. The number of ether oxygens (including phenoxy) is 2. The molecule has 1 atom stereocenters. The first-order valence-corrected chi connectivity index (χ1v) is 15.0. The fourth-order valence-corrected chi connectivity index (χ4v) is 5.59. The van der Waals surface area contributed by atoms with Crippen LogP contribution in [0.3, 0.4) is 0 Å². The molecule has 0 bridgehead atoms. The number of hydrogen-bond donors (Lipinski definition) is 1. The summed E-state index contributed by atoms with van der Waals surface area (Å²) >= 11 is 6.74. The molecule has 0 aliphatic carbocycles. The van der Waals surface area contributed by atoms with Crippen molar-refractivity contribution in [2.75, 3.05) is 37.0 Å². The Morgan fingerprint density at radius 3 is 2.77 bits per heavy atom. The molecule has 5 rings (SSSR count). The fraction of sp³-hybridized carbons (Fsp3) is 0.375. The topological polar surface area (TPSA) is 102 Å². The number of carbonyl (C=O) groups excluding carboxylic acids is 2. The maximum atomic E-state index is 13.8. The molecule has 43 heavy (non-hydrogen) atoms. The van der Waals surface area contributed by atoms with Crippen LogP contribution >= 0.6 is 11.6 Å². The van der Waals surface area contributed by atoms with Gasteiger partial charge in [0.15, 0.2) is 11.5 Å². The second kappa shape index (κ2) is 13.8. The van der Waals surface area contributed by atoms with E-state index in [9.17, 15) is 9.59 Å². The lowest BCUT2D eigenvalue weighted by atomic mass is 10.1. The summed E-state index contributed by atoms with van der Waals surface area (Å²) in [5.41, 5.74) is 2.81. The van der Waals surface area contributed by atoms with Crippen LogP contribution in [0.15, 0.2) is 61.2 Å². The van der Waals surface area contributed by atoms with Crippen LogP contribution in [0, 0.1) is 0 Å². The summed E-state index contributed by atoms with van der Waals surface area (Å²) in [5.74, 6) is 1.05. The van der Waals surface area contributed by atoms with Crippen LogP contribution in [-0.4, -0.2) is 58.2 Å². The Morgan fingerprint density at radius 1 is 1.14 bits per heavy atom. The van der Waals surface area contributed by atoms with E-state index in [-0.39, 0.29) is 11.9 Å². The quantitative estimate of drug-likeness (QED) is 0.181. The van der Waals surface area contributed by atoms with Crippen molar-refractivity contribution in [2.45, 2.75) is 52.1 Å². The van der Waals surface area contributed by atoms with Crippen LogP contribution in [-0.2, 0) is 11.3 Å². The molecule has 1 aliphatic rings. The van der Waals surface area contributed by atoms with Crippen LogP contribution in [0.4, 0.5) is 16.2 Å². The number of nitrogens with zero attached hydrogens (tertiary/aromatic N) is 5. The molecule has 3 amide bonds. The van der Waals surface area contributed by atoms with Crippen LogP contribution in [0.1, 0.15) is 51.1 Å². The van der Waals surface area contributed by atoms with E-state index in [4.69, 9.17) is 21.1 Å². The highest BCUT2D eigenvalue weighted by atomic mass is 35.5. The minimum absolute atomic E-state index is 0.0990. The standard InChI is InChI=1S/C32H37ClN6O4/c1-4-5-6-17-43-28-18-25(10-11-27(28)42-3)38-16-8-15-37(32(38)41)20-23-12-14-35-30-29(23)26(33)21-39(30)22(2)31(40)36-24-9-7-13-34-19-24/h7,9-14,18-19,21-22H,4-6,8,15-17,20H2,1-3H3,(H,36,40). The number of anilines is 2. The van der Waals surface area contributed by atoms with E-state index in [1.807, 2.05) is 29.2 Å². The summed E-state index contributed by atoms with van der Waals surface area (Å²) in [7, 11) is 1.61. The van der Waals surface area contributed by atoms with Gasteiger partial charge in [-0.2, -0.15) is 0 Å². The van der Waals surface area contributed by atoms with Crippen molar-refractivity contribution < 1.29 is 19.1 Å². The molecule has 1 N–H and O–H groups in total. The number of halogens is 1. The number of amides is 3. The third-order valence-corrected chi connectivity index (χ3v) is 7.90. The highest BCUT2D eigenvalue weighted by Gasteiger charge is 2.29. The van der Waals surface area contributed by atoms with Gasteiger partial charge in [-0.15, -0.1) is 0 Å². The Labute approximate surface area is 256 Å². The molecule has 4 aromatic rings. The summed E-state index contributed by atoms with van der Waals surface area (Å²) in [6.07, 6.45) is 10.6. The van der Waals surface area contributed by atoms with Crippen LogP contribution in [0.2, 0.25) is 5.02 Å². The zero-order valence-corrected chi connectivity index (χ0v) is 25.5. The Bertz CT molecular complexity index is 1580. The van der Waals surface area contributed by atoms with Gasteiger partial charge in [0.2, 0.25) is 5.91 Å². The predicted molar refractivity (Wildman–Crippen MR) is 168 cm³/mol. The van der Waals surface area contributed by atoms with Gasteiger partial charge < -0.3 is 24.3 Å². The molecule has 1 aromatic carbocycles. The number of hydrogen-bond acceptors (Lipinski definition) is 6. The predicted octanol–water partition coefficient (Wildman–Crippen LogP) is 6.69. The lowest BCUT2D eigenvalue weighted by Crippen LogP contribution is -2.49. The van der Waals surface area contributed by atoms with E-state index in [1.54, 1.807) is 60.4 Å². The SMILES string of the molecule is CCCCCOc1cc(N2CCCN(Cc3ccnc4c3c(Cl)cn4C(C)C(=O)Nc3cccnc3)C2=O)ccc1OC. The molecular weight excluding hydrogens is 568 g/mol. The van der Waals surface area contributed by atoms with Gasteiger partial charge in [-0.25, -0.2) is 9.78 Å². The van der Waals surface area contributed by atoms with E-state index in [0.717, 1.165) is 42.3 Å². The van der Waals surface area contributed by atoms with E-state index in [1.165, 1.54) is 0 Å². The number of fused-ring (bicyclic) bond motifs is 1. The summed E-state index contributed by atoms with van der Waals surface area (Å²) in [6.45, 7) is 6.10. The number of carbonyl (C=O) groups is 2. The average Bonchev–Trinajstić information content (AvgIpc) is 3.37. The van der Waals surface area contributed by atoms with Crippen molar-refractivity contribution in [3.8, 4) is 11.5 Å². The monoisotopic (exact) mass is 604 g/mol. The van der Waals surface area contributed by atoms with E-state index < -0.39 is 6.04 Å². The molecule has 1 unspecified atom stereocenters. The number of pyridine rings is 2. The van der Waals surface area contributed by atoms with Gasteiger partial charge in [-0.3, -0.25) is 14.7 Å². The molecule has 0 radical (unpaired) electrons. The van der Waals surface area contributed by atoms with Gasteiger partial charge in [0.25, 0.3) is 0 Å². The van der Waals surface area contributed by atoms with Gasteiger partial charge in [0.05, 0.1) is 30.6 Å². The third kappa shape index (κ3) is 6.69. The van der Waals surface area contributed by atoms with E-state index >= 15 is 0 Å². The highest BCUT2D eigenvalue weighted by Crippen LogP contribution is 2.35. The van der Waals surface area contributed by atoms with Crippen molar-refractivity contribution >= 4 is 45.9 Å². The maximum Gasteiger partial charge on any atom is 0.324 e. The Kier molecular flexibility index (Phi) is 9.66.